The molecule has 0 amide bonds. The molecule has 0 saturated carbocycles. The summed E-state index contributed by atoms with van der Waals surface area (Å²) in [6.07, 6.45) is 1.77. The van der Waals surface area contributed by atoms with Crippen LogP contribution < -0.4 is 0 Å². The van der Waals surface area contributed by atoms with Gasteiger partial charge < -0.3 is 9.67 Å². The third-order valence-electron chi connectivity index (χ3n) is 2.24. The van der Waals surface area contributed by atoms with Crippen LogP contribution in [0.15, 0.2) is 30.9 Å². The number of fused-ring (bicyclic) bond motifs is 1. The van der Waals surface area contributed by atoms with Crippen LogP contribution >= 0.6 is 11.6 Å². The second-order valence-corrected chi connectivity index (χ2v) is 3.65. The maximum atomic E-state index is 9.16. The van der Waals surface area contributed by atoms with Gasteiger partial charge in [-0.05, 0) is 18.2 Å². The van der Waals surface area contributed by atoms with E-state index in [-0.39, 0.29) is 6.61 Å². The van der Waals surface area contributed by atoms with Crippen molar-refractivity contribution in [1.29, 1.82) is 0 Å². The summed E-state index contributed by atoms with van der Waals surface area (Å²) in [5.74, 6) is 0.632. The van der Waals surface area contributed by atoms with Crippen molar-refractivity contribution in [2.45, 2.75) is 13.2 Å². The Kier molecular flexibility index (Phi) is 2.75. The highest BCUT2D eigenvalue weighted by molar-refractivity contribution is 6.31. The van der Waals surface area contributed by atoms with Crippen molar-refractivity contribution in [2.24, 2.45) is 0 Å². The molecule has 3 nitrogen and oxygen atoms in total. The maximum absolute atomic E-state index is 9.16. The van der Waals surface area contributed by atoms with Gasteiger partial charge in [-0.3, -0.25) is 0 Å². The summed E-state index contributed by atoms with van der Waals surface area (Å²) in [6.45, 7) is 4.23. The first kappa shape index (κ1) is 10.2. The largest absolute Gasteiger partial charge is 0.388 e. The molecule has 0 aliphatic heterocycles. The van der Waals surface area contributed by atoms with Crippen molar-refractivity contribution in [2.75, 3.05) is 0 Å². The minimum Gasteiger partial charge on any atom is -0.388 e. The van der Waals surface area contributed by atoms with Gasteiger partial charge in [0, 0.05) is 11.6 Å². The zero-order valence-corrected chi connectivity index (χ0v) is 8.91. The first-order valence-corrected chi connectivity index (χ1v) is 5.00. The van der Waals surface area contributed by atoms with E-state index in [9.17, 15) is 0 Å². The van der Waals surface area contributed by atoms with Gasteiger partial charge in [0.2, 0.25) is 0 Å². The highest BCUT2D eigenvalue weighted by Crippen LogP contribution is 2.20. The van der Waals surface area contributed by atoms with Gasteiger partial charge in [-0.25, -0.2) is 4.98 Å². The number of hydrogen-bond donors (Lipinski definition) is 1. The Hall–Kier alpha value is -1.32. The Balaban J connectivity index is 2.68. The number of allylic oxidation sites excluding steroid dienone is 1. The van der Waals surface area contributed by atoms with E-state index in [2.05, 4.69) is 11.6 Å². The Morgan fingerprint density at radius 1 is 1.53 bits per heavy atom. The summed E-state index contributed by atoms with van der Waals surface area (Å²) < 4.78 is 1.92. The normalized spacial score (nSPS) is 10.8. The fraction of sp³-hybridized carbons (Fsp3) is 0.182. The Morgan fingerprint density at radius 3 is 3.00 bits per heavy atom. The molecule has 0 spiro atoms. The van der Waals surface area contributed by atoms with Crippen LogP contribution in [0.5, 0.6) is 0 Å². The average molecular weight is 223 g/mol. The predicted octanol–water partition coefficient (Wildman–Crippen LogP) is 2.37. The summed E-state index contributed by atoms with van der Waals surface area (Å²) in [7, 11) is 0. The van der Waals surface area contributed by atoms with Gasteiger partial charge in [0.15, 0.2) is 0 Å². The molecule has 1 aromatic carbocycles. The van der Waals surface area contributed by atoms with Crippen LogP contribution in [0.2, 0.25) is 5.02 Å². The number of aromatic nitrogens is 2. The lowest BCUT2D eigenvalue weighted by molar-refractivity contribution is 0.267. The van der Waals surface area contributed by atoms with E-state index in [1.54, 1.807) is 12.1 Å². The van der Waals surface area contributed by atoms with Gasteiger partial charge in [0.25, 0.3) is 0 Å². The van der Waals surface area contributed by atoms with Crippen LogP contribution in [0.25, 0.3) is 11.0 Å². The van der Waals surface area contributed by atoms with Crippen LogP contribution in [0.3, 0.4) is 0 Å². The van der Waals surface area contributed by atoms with E-state index in [4.69, 9.17) is 16.7 Å². The molecule has 0 radical (unpaired) electrons. The van der Waals surface area contributed by atoms with Gasteiger partial charge in [-0.1, -0.05) is 17.7 Å². The number of benzene rings is 1. The smallest absolute Gasteiger partial charge is 0.136 e. The molecular formula is C11H11ClN2O. The number of aliphatic hydroxyl groups is 1. The SMILES string of the molecule is C=CCn1c(CO)nc2cc(Cl)ccc21. The number of hydrogen-bond acceptors (Lipinski definition) is 2. The lowest BCUT2D eigenvalue weighted by Gasteiger charge is -2.03. The second kappa shape index (κ2) is 4.04. The fourth-order valence-corrected chi connectivity index (χ4v) is 1.77. The van der Waals surface area contributed by atoms with Gasteiger partial charge in [-0.2, -0.15) is 0 Å². The summed E-state index contributed by atoms with van der Waals surface area (Å²) in [5.41, 5.74) is 1.76. The fourth-order valence-electron chi connectivity index (χ4n) is 1.61. The first-order valence-electron chi connectivity index (χ1n) is 4.62. The predicted molar refractivity (Wildman–Crippen MR) is 60.9 cm³/mol. The van der Waals surface area contributed by atoms with Crippen LogP contribution in [-0.2, 0) is 13.2 Å². The molecule has 0 fully saturated rings. The van der Waals surface area contributed by atoms with Gasteiger partial charge in [0.1, 0.15) is 12.4 Å². The Labute approximate surface area is 92.6 Å². The third kappa shape index (κ3) is 1.76. The van der Waals surface area contributed by atoms with Crippen molar-refractivity contribution in [3.05, 3.63) is 41.7 Å². The monoisotopic (exact) mass is 222 g/mol. The molecule has 2 aromatic rings. The number of nitrogens with zero attached hydrogens (tertiary/aromatic N) is 2. The molecule has 0 aliphatic carbocycles. The second-order valence-electron chi connectivity index (χ2n) is 3.22. The van der Waals surface area contributed by atoms with Crippen LogP contribution in [-0.4, -0.2) is 14.7 Å². The molecular weight excluding hydrogens is 212 g/mol. The highest BCUT2D eigenvalue weighted by Gasteiger charge is 2.08. The molecule has 0 bridgehead atoms. The number of imidazole rings is 1. The quantitative estimate of drug-likeness (QED) is 0.810. The van der Waals surface area contributed by atoms with Gasteiger partial charge in [0.05, 0.1) is 11.0 Å². The standard InChI is InChI=1S/C11H11ClN2O/c1-2-5-14-10-4-3-8(12)6-9(10)13-11(14)7-15/h2-4,6,15H,1,5,7H2. The Morgan fingerprint density at radius 2 is 2.33 bits per heavy atom. The van der Waals surface area contributed by atoms with Gasteiger partial charge in [-0.15, -0.1) is 6.58 Å². The van der Waals surface area contributed by atoms with E-state index in [0.717, 1.165) is 11.0 Å². The molecule has 1 aromatic heterocycles. The average Bonchev–Trinajstić information content (AvgIpc) is 2.56. The zero-order valence-electron chi connectivity index (χ0n) is 8.15. The minimum atomic E-state index is -0.0832. The molecule has 0 aliphatic rings. The van der Waals surface area contributed by atoms with E-state index in [1.165, 1.54) is 0 Å². The van der Waals surface area contributed by atoms with Crippen molar-refractivity contribution >= 4 is 22.6 Å². The summed E-state index contributed by atoms with van der Waals surface area (Å²) in [5, 5.41) is 9.81. The molecule has 4 heteroatoms. The highest BCUT2D eigenvalue weighted by atomic mass is 35.5. The molecule has 0 unspecified atom stereocenters. The van der Waals surface area contributed by atoms with Crippen LogP contribution in [0.4, 0.5) is 0 Å². The summed E-state index contributed by atoms with van der Waals surface area (Å²) in [4.78, 5) is 4.29. The van der Waals surface area contributed by atoms with E-state index >= 15 is 0 Å². The Bertz CT molecular complexity index is 505. The number of aliphatic hydroxyl groups excluding tert-OH is 1. The van der Waals surface area contributed by atoms with Crippen molar-refractivity contribution in [1.82, 2.24) is 9.55 Å². The third-order valence-corrected chi connectivity index (χ3v) is 2.48. The number of halogens is 1. The molecule has 0 atom stereocenters. The van der Waals surface area contributed by atoms with Crippen molar-refractivity contribution in [3.8, 4) is 0 Å². The molecule has 15 heavy (non-hydrogen) atoms. The minimum absolute atomic E-state index is 0.0832. The van der Waals surface area contributed by atoms with Crippen LogP contribution in [0.1, 0.15) is 5.82 Å². The van der Waals surface area contributed by atoms with Crippen molar-refractivity contribution in [3.63, 3.8) is 0 Å². The zero-order chi connectivity index (χ0) is 10.8. The lowest BCUT2D eigenvalue weighted by atomic mass is 10.3. The molecule has 2 rings (SSSR count). The van der Waals surface area contributed by atoms with Crippen LogP contribution in [0, 0.1) is 0 Å². The van der Waals surface area contributed by atoms with Gasteiger partial charge >= 0.3 is 0 Å². The lowest BCUT2D eigenvalue weighted by Crippen LogP contribution is -2.01. The molecule has 78 valence electrons. The molecule has 1 N–H and O–H groups in total. The maximum Gasteiger partial charge on any atom is 0.136 e. The van der Waals surface area contributed by atoms with Crippen molar-refractivity contribution < 1.29 is 5.11 Å². The van der Waals surface area contributed by atoms with E-state index < -0.39 is 0 Å². The van der Waals surface area contributed by atoms with E-state index in [0.29, 0.717) is 17.4 Å². The number of rotatable bonds is 3. The topological polar surface area (TPSA) is 38.0 Å². The molecule has 1 heterocycles. The first-order chi connectivity index (χ1) is 7.26. The summed E-state index contributed by atoms with van der Waals surface area (Å²) in [6, 6.07) is 5.50. The van der Waals surface area contributed by atoms with E-state index in [1.807, 2.05) is 16.7 Å². The summed E-state index contributed by atoms with van der Waals surface area (Å²) >= 11 is 5.87. The molecule has 0 saturated heterocycles.